The number of methoxy groups -OCH3 is 2. The molecule has 36 heavy (non-hydrogen) atoms. The van der Waals surface area contributed by atoms with Gasteiger partial charge in [-0.3, -0.25) is 0 Å². The van der Waals surface area contributed by atoms with Gasteiger partial charge in [-0.15, -0.1) is 10.2 Å². The summed E-state index contributed by atoms with van der Waals surface area (Å²) in [4.78, 5) is 13.4. The fourth-order valence-electron chi connectivity index (χ4n) is 4.14. The van der Waals surface area contributed by atoms with Crippen LogP contribution in [0.4, 0.5) is 11.4 Å². The predicted octanol–water partition coefficient (Wildman–Crippen LogP) is 5.99. The number of benzene rings is 2. The van der Waals surface area contributed by atoms with E-state index in [9.17, 15) is 0 Å². The van der Waals surface area contributed by atoms with Crippen LogP contribution >= 0.6 is 0 Å². The van der Waals surface area contributed by atoms with Crippen LogP contribution < -0.4 is 14.2 Å². The third-order valence-corrected chi connectivity index (χ3v) is 6.07. The zero-order chi connectivity index (χ0) is 24.9. The third kappa shape index (κ3) is 4.96. The van der Waals surface area contributed by atoms with Gasteiger partial charge in [0.2, 0.25) is 5.88 Å². The molecule has 0 saturated carbocycles. The second kappa shape index (κ2) is 10.7. The lowest BCUT2D eigenvalue weighted by Gasteiger charge is -2.24. The molecule has 9 heteroatoms. The summed E-state index contributed by atoms with van der Waals surface area (Å²) in [5.74, 6) is 1.72. The molecule has 2 aromatic heterocycles. The zero-order valence-corrected chi connectivity index (χ0v) is 20.5. The second-order valence-corrected chi connectivity index (χ2v) is 8.38. The Balaban J connectivity index is 1.56. The van der Waals surface area contributed by atoms with Crippen molar-refractivity contribution in [2.45, 2.75) is 25.9 Å². The van der Waals surface area contributed by atoms with Crippen molar-refractivity contribution in [2.24, 2.45) is 10.2 Å². The second-order valence-electron chi connectivity index (χ2n) is 8.38. The number of ether oxygens (including phenoxy) is 4. The van der Waals surface area contributed by atoms with Crippen LogP contribution in [0.3, 0.4) is 0 Å². The predicted molar refractivity (Wildman–Crippen MR) is 136 cm³/mol. The van der Waals surface area contributed by atoms with Crippen LogP contribution in [0, 0.1) is 6.92 Å². The number of rotatable bonds is 7. The van der Waals surface area contributed by atoms with Crippen LogP contribution in [-0.2, 0) is 4.74 Å². The van der Waals surface area contributed by atoms with E-state index in [1.807, 2.05) is 49.4 Å². The van der Waals surface area contributed by atoms with Crippen LogP contribution in [0.5, 0.6) is 17.4 Å². The van der Waals surface area contributed by atoms with E-state index in [0.717, 1.165) is 40.6 Å². The maximum atomic E-state index is 6.42. The summed E-state index contributed by atoms with van der Waals surface area (Å²) >= 11 is 0. The van der Waals surface area contributed by atoms with Crippen LogP contribution in [0.2, 0.25) is 0 Å². The molecule has 184 valence electrons. The number of pyridine rings is 1. The monoisotopic (exact) mass is 485 g/mol. The summed E-state index contributed by atoms with van der Waals surface area (Å²) in [7, 11) is 3.16. The Morgan fingerprint density at radius 1 is 0.861 bits per heavy atom. The van der Waals surface area contributed by atoms with E-state index in [4.69, 9.17) is 18.9 Å². The molecule has 1 aliphatic rings. The highest BCUT2D eigenvalue weighted by atomic mass is 16.5. The van der Waals surface area contributed by atoms with Crippen LogP contribution in [0.15, 0.2) is 65.2 Å². The van der Waals surface area contributed by atoms with E-state index in [1.165, 1.54) is 0 Å². The molecule has 1 saturated heterocycles. The molecular formula is C27H27N5O4. The maximum absolute atomic E-state index is 6.42. The summed E-state index contributed by atoms with van der Waals surface area (Å²) in [5.41, 5.74) is 4.51. The Morgan fingerprint density at radius 2 is 1.67 bits per heavy atom. The number of para-hydroxylation sites is 1. The molecule has 2 aromatic carbocycles. The molecule has 3 heterocycles. The molecule has 4 aromatic rings. The molecule has 0 aliphatic carbocycles. The fourth-order valence-corrected chi connectivity index (χ4v) is 4.14. The largest absolute Gasteiger partial charge is 0.494 e. The van der Waals surface area contributed by atoms with Gasteiger partial charge in [0.15, 0.2) is 0 Å². The average molecular weight is 486 g/mol. The Morgan fingerprint density at radius 3 is 2.47 bits per heavy atom. The molecule has 0 spiro atoms. The van der Waals surface area contributed by atoms with E-state index in [-0.39, 0.29) is 6.10 Å². The lowest BCUT2D eigenvalue weighted by Crippen LogP contribution is -2.26. The number of aryl methyl sites for hydroxylation is 1. The fraction of sp³-hybridized carbons (Fsp3) is 0.296. The standard InChI is InChI=1S/C27H27N5O4/c1-17-21-12-18(14-25(26(21)30-16-29-17)36-20-8-10-35-11-9-20)19-13-23(27(34-3)28-15-19)32-31-22-6-4-5-7-24(22)33-2/h4-7,12-16,20H,8-11H2,1-3H3. The molecule has 0 atom stereocenters. The van der Waals surface area contributed by atoms with Crippen molar-refractivity contribution in [2.75, 3.05) is 27.4 Å². The van der Waals surface area contributed by atoms with Gasteiger partial charge >= 0.3 is 0 Å². The number of hydrogen-bond acceptors (Lipinski definition) is 9. The Labute approximate surface area is 209 Å². The summed E-state index contributed by atoms with van der Waals surface area (Å²) < 4.78 is 22.7. The summed E-state index contributed by atoms with van der Waals surface area (Å²) in [6.07, 6.45) is 5.08. The SMILES string of the molecule is COc1ccccc1N=Nc1cc(-c2cc(OC3CCOCC3)c3ncnc(C)c3c2)cnc1OC. The van der Waals surface area contributed by atoms with Crippen molar-refractivity contribution >= 4 is 22.3 Å². The summed E-state index contributed by atoms with van der Waals surface area (Å²) in [6.45, 7) is 3.35. The van der Waals surface area contributed by atoms with E-state index in [2.05, 4.69) is 25.2 Å². The quantitative estimate of drug-likeness (QED) is 0.296. The van der Waals surface area contributed by atoms with Crippen molar-refractivity contribution in [3.8, 4) is 28.5 Å². The molecule has 9 nitrogen and oxygen atoms in total. The number of hydrogen-bond donors (Lipinski definition) is 0. The zero-order valence-electron chi connectivity index (χ0n) is 20.5. The van der Waals surface area contributed by atoms with Crippen molar-refractivity contribution in [3.63, 3.8) is 0 Å². The van der Waals surface area contributed by atoms with E-state index in [0.29, 0.717) is 42.0 Å². The number of azo groups is 1. The van der Waals surface area contributed by atoms with Gasteiger partial charge in [0.1, 0.15) is 40.8 Å². The van der Waals surface area contributed by atoms with Crippen molar-refractivity contribution in [1.82, 2.24) is 15.0 Å². The lowest BCUT2D eigenvalue weighted by atomic mass is 10.0. The normalized spacial score (nSPS) is 14.3. The summed E-state index contributed by atoms with van der Waals surface area (Å²) in [5, 5.41) is 9.72. The van der Waals surface area contributed by atoms with Crippen molar-refractivity contribution < 1.29 is 18.9 Å². The van der Waals surface area contributed by atoms with Crippen LogP contribution in [0.1, 0.15) is 18.5 Å². The van der Waals surface area contributed by atoms with Crippen molar-refractivity contribution in [1.29, 1.82) is 0 Å². The first-order chi connectivity index (χ1) is 17.7. The van der Waals surface area contributed by atoms with Gasteiger partial charge in [0.05, 0.1) is 27.4 Å². The van der Waals surface area contributed by atoms with Gasteiger partial charge in [-0.2, -0.15) is 0 Å². The van der Waals surface area contributed by atoms with E-state index < -0.39 is 0 Å². The van der Waals surface area contributed by atoms with Gasteiger partial charge in [0, 0.05) is 35.7 Å². The topological polar surface area (TPSA) is 100 Å². The Kier molecular flexibility index (Phi) is 6.99. The highest BCUT2D eigenvalue weighted by Crippen LogP contribution is 2.37. The van der Waals surface area contributed by atoms with Crippen molar-refractivity contribution in [3.05, 3.63) is 60.7 Å². The first-order valence-electron chi connectivity index (χ1n) is 11.7. The lowest BCUT2D eigenvalue weighted by molar-refractivity contribution is 0.0261. The summed E-state index contributed by atoms with van der Waals surface area (Å²) in [6, 6.07) is 13.4. The minimum Gasteiger partial charge on any atom is -0.494 e. The smallest absolute Gasteiger partial charge is 0.241 e. The molecule has 0 N–H and O–H groups in total. The Bertz CT molecular complexity index is 1400. The number of aromatic nitrogens is 3. The van der Waals surface area contributed by atoms with E-state index >= 15 is 0 Å². The molecule has 1 fully saturated rings. The minimum absolute atomic E-state index is 0.0756. The third-order valence-electron chi connectivity index (χ3n) is 6.07. The number of nitrogens with zero attached hydrogens (tertiary/aromatic N) is 5. The number of fused-ring (bicyclic) bond motifs is 1. The Hall–Kier alpha value is -4.11. The molecule has 0 radical (unpaired) electrons. The van der Waals surface area contributed by atoms with Gasteiger partial charge < -0.3 is 18.9 Å². The molecular weight excluding hydrogens is 458 g/mol. The van der Waals surface area contributed by atoms with Gasteiger partial charge in [-0.25, -0.2) is 15.0 Å². The van der Waals surface area contributed by atoms with Crippen LogP contribution in [0.25, 0.3) is 22.0 Å². The minimum atomic E-state index is 0.0756. The first kappa shape index (κ1) is 23.6. The van der Waals surface area contributed by atoms with Gasteiger partial charge in [0.25, 0.3) is 0 Å². The molecule has 1 aliphatic heterocycles. The molecule has 0 bridgehead atoms. The maximum Gasteiger partial charge on any atom is 0.241 e. The highest BCUT2D eigenvalue weighted by Gasteiger charge is 2.19. The average Bonchev–Trinajstić information content (AvgIpc) is 2.93. The first-order valence-corrected chi connectivity index (χ1v) is 11.7. The van der Waals surface area contributed by atoms with Gasteiger partial charge in [-0.1, -0.05) is 12.1 Å². The molecule has 0 amide bonds. The molecule has 5 rings (SSSR count). The van der Waals surface area contributed by atoms with E-state index in [1.54, 1.807) is 26.7 Å². The van der Waals surface area contributed by atoms with Crippen LogP contribution in [-0.4, -0.2) is 48.5 Å². The highest BCUT2D eigenvalue weighted by molar-refractivity contribution is 5.91. The molecule has 0 unspecified atom stereocenters. The van der Waals surface area contributed by atoms with Gasteiger partial charge in [-0.05, 0) is 42.8 Å².